The third-order valence-electron chi connectivity index (χ3n) is 3.41. The Morgan fingerprint density at radius 3 is 2.83 bits per heavy atom. The molecule has 0 atom stereocenters. The Morgan fingerprint density at radius 1 is 1.39 bits per heavy atom. The van der Waals surface area contributed by atoms with Crippen LogP contribution in [0.1, 0.15) is 12.0 Å². The van der Waals surface area contributed by atoms with Crippen LogP contribution in [0.25, 0.3) is 11.3 Å². The zero-order valence-electron chi connectivity index (χ0n) is 13.3. The summed E-state index contributed by atoms with van der Waals surface area (Å²) in [6.45, 7) is 1.58. The number of ether oxygens (including phenoxy) is 1. The number of rotatable bonds is 7. The smallest absolute Gasteiger partial charge is 0.317 e. The summed E-state index contributed by atoms with van der Waals surface area (Å²) in [6.07, 6.45) is 2.44. The highest BCUT2D eigenvalue weighted by Gasteiger charge is 2.13. The fourth-order valence-corrected chi connectivity index (χ4v) is 2.17. The molecule has 0 radical (unpaired) electrons. The second-order valence-corrected chi connectivity index (χ2v) is 5.21. The number of hydrogen-bond acceptors (Lipinski definition) is 3. The Hall–Kier alpha value is -2.41. The molecule has 0 aliphatic carbocycles. The molecule has 6 nitrogen and oxygen atoms in total. The van der Waals surface area contributed by atoms with Gasteiger partial charge in [0, 0.05) is 38.4 Å². The van der Waals surface area contributed by atoms with Crippen molar-refractivity contribution in [3.05, 3.63) is 41.8 Å². The van der Waals surface area contributed by atoms with Gasteiger partial charge in [0.1, 0.15) is 5.82 Å². The largest absolute Gasteiger partial charge is 0.385 e. The number of amides is 2. The van der Waals surface area contributed by atoms with Crippen LogP contribution in [0.4, 0.5) is 9.18 Å². The molecule has 1 aromatic heterocycles. The summed E-state index contributed by atoms with van der Waals surface area (Å²) in [6, 6.07) is 5.99. The number of aromatic amines is 1. The quantitative estimate of drug-likeness (QED) is 0.770. The van der Waals surface area contributed by atoms with Crippen LogP contribution in [-0.4, -0.2) is 48.4 Å². The van der Waals surface area contributed by atoms with E-state index in [1.807, 2.05) is 0 Å². The number of aromatic nitrogens is 2. The summed E-state index contributed by atoms with van der Waals surface area (Å²) >= 11 is 0. The zero-order valence-corrected chi connectivity index (χ0v) is 13.3. The Balaban J connectivity index is 1.96. The molecule has 2 amide bonds. The average molecular weight is 320 g/mol. The van der Waals surface area contributed by atoms with Crippen molar-refractivity contribution >= 4 is 6.03 Å². The summed E-state index contributed by atoms with van der Waals surface area (Å²) in [5, 5.41) is 9.75. The van der Waals surface area contributed by atoms with Gasteiger partial charge in [-0.15, -0.1) is 0 Å². The van der Waals surface area contributed by atoms with Crippen molar-refractivity contribution in [3.8, 4) is 11.3 Å². The Bertz CT molecular complexity index is 627. The predicted octanol–water partition coefficient (Wildman–Crippen LogP) is 2.39. The monoisotopic (exact) mass is 320 g/mol. The van der Waals surface area contributed by atoms with Gasteiger partial charge >= 0.3 is 6.03 Å². The number of hydrogen-bond donors (Lipinski definition) is 2. The first kappa shape index (κ1) is 17.0. The van der Waals surface area contributed by atoms with Crippen LogP contribution in [0.3, 0.4) is 0 Å². The van der Waals surface area contributed by atoms with Gasteiger partial charge in [-0.05, 0) is 30.7 Å². The molecule has 0 unspecified atom stereocenters. The fraction of sp³-hybridized carbons (Fsp3) is 0.375. The molecular formula is C16H21FN4O2. The van der Waals surface area contributed by atoms with Gasteiger partial charge in [0.15, 0.2) is 0 Å². The highest BCUT2D eigenvalue weighted by atomic mass is 19.1. The molecule has 7 heteroatoms. The van der Waals surface area contributed by atoms with Gasteiger partial charge < -0.3 is 15.0 Å². The van der Waals surface area contributed by atoms with Crippen molar-refractivity contribution in [2.45, 2.75) is 13.0 Å². The molecular weight excluding hydrogens is 299 g/mol. The lowest BCUT2D eigenvalue weighted by molar-refractivity contribution is 0.188. The van der Waals surface area contributed by atoms with Crippen molar-refractivity contribution in [3.63, 3.8) is 0 Å². The van der Waals surface area contributed by atoms with Crippen molar-refractivity contribution in [2.75, 3.05) is 27.3 Å². The average Bonchev–Trinajstić information content (AvgIpc) is 3.00. The molecule has 124 valence electrons. The summed E-state index contributed by atoms with van der Waals surface area (Å²) in [5.74, 6) is -0.289. The molecule has 2 aromatic rings. The molecule has 0 bridgehead atoms. The predicted molar refractivity (Wildman–Crippen MR) is 85.3 cm³/mol. The first-order chi connectivity index (χ1) is 11.1. The van der Waals surface area contributed by atoms with E-state index in [0.717, 1.165) is 23.2 Å². The van der Waals surface area contributed by atoms with Crippen molar-refractivity contribution in [1.29, 1.82) is 0 Å². The maximum Gasteiger partial charge on any atom is 0.317 e. The Labute approximate surface area is 134 Å². The van der Waals surface area contributed by atoms with E-state index in [1.165, 1.54) is 12.1 Å². The number of H-pyrrole nitrogens is 1. The summed E-state index contributed by atoms with van der Waals surface area (Å²) in [7, 11) is 3.34. The van der Waals surface area contributed by atoms with Crippen molar-refractivity contribution in [2.24, 2.45) is 0 Å². The first-order valence-electron chi connectivity index (χ1n) is 7.38. The van der Waals surface area contributed by atoms with E-state index in [1.54, 1.807) is 37.4 Å². The standard InChI is InChI=1S/C16H21FN4O2/c1-21(16(22)18-8-3-9-23-2)11-13-10-19-20-15(13)12-4-6-14(17)7-5-12/h4-7,10H,3,8-9,11H2,1-2H3,(H,18,22)(H,19,20). The van der Waals surface area contributed by atoms with Crippen LogP contribution in [0, 0.1) is 5.82 Å². The van der Waals surface area contributed by atoms with Crippen LogP contribution >= 0.6 is 0 Å². The minimum absolute atomic E-state index is 0.160. The van der Waals surface area contributed by atoms with Gasteiger partial charge in [-0.2, -0.15) is 5.10 Å². The van der Waals surface area contributed by atoms with Gasteiger partial charge in [-0.1, -0.05) is 0 Å². The molecule has 0 spiro atoms. The second-order valence-electron chi connectivity index (χ2n) is 5.21. The lowest BCUT2D eigenvalue weighted by Gasteiger charge is -2.18. The highest BCUT2D eigenvalue weighted by molar-refractivity contribution is 5.74. The molecule has 2 rings (SSSR count). The molecule has 1 aromatic carbocycles. The van der Waals surface area contributed by atoms with E-state index in [0.29, 0.717) is 19.7 Å². The van der Waals surface area contributed by atoms with E-state index < -0.39 is 0 Å². The van der Waals surface area contributed by atoms with Crippen LogP contribution in [0.15, 0.2) is 30.5 Å². The molecule has 0 fully saturated rings. The van der Waals surface area contributed by atoms with Gasteiger partial charge in [0.05, 0.1) is 18.4 Å². The molecule has 23 heavy (non-hydrogen) atoms. The normalized spacial score (nSPS) is 10.6. The third kappa shape index (κ3) is 4.79. The third-order valence-corrected chi connectivity index (χ3v) is 3.41. The number of nitrogens with zero attached hydrogens (tertiary/aromatic N) is 2. The number of benzene rings is 1. The fourth-order valence-electron chi connectivity index (χ4n) is 2.17. The molecule has 0 saturated heterocycles. The lowest BCUT2D eigenvalue weighted by Crippen LogP contribution is -2.37. The van der Waals surface area contributed by atoms with Gasteiger partial charge in [-0.25, -0.2) is 9.18 Å². The number of methoxy groups -OCH3 is 1. The van der Waals surface area contributed by atoms with Crippen LogP contribution < -0.4 is 5.32 Å². The van der Waals surface area contributed by atoms with E-state index in [2.05, 4.69) is 15.5 Å². The van der Waals surface area contributed by atoms with E-state index >= 15 is 0 Å². The highest BCUT2D eigenvalue weighted by Crippen LogP contribution is 2.22. The maximum absolute atomic E-state index is 13.0. The topological polar surface area (TPSA) is 70.2 Å². The van der Waals surface area contributed by atoms with E-state index in [-0.39, 0.29) is 11.8 Å². The maximum atomic E-state index is 13.0. The van der Waals surface area contributed by atoms with Crippen LogP contribution in [0.5, 0.6) is 0 Å². The minimum Gasteiger partial charge on any atom is -0.385 e. The Kier molecular flexibility index (Phi) is 6.10. The Morgan fingerprint density at radius 2 is 2.13 bits per heavy atom. The molecule has 2 N–H and O–H groups in total. The van der Waals surface area contributed by atoms with Crippen LogP contribution in [0.2, 0.25) is 0 Å². The number of carbonyl (C=O) groups excluding carboxylic acids is 1. The number of nitrogens with one attached hydrogen (secondary N) is 2. The number of urea groups is 1. The lowest BCUT2D eigenvalue weighted by atomic mass is 10.1. The van der Waals surface area contributed by atoms with Gasteiger partial charge in [0.2, 0.25) is 0 Å². The zero-order chi connectivity index (χ0) is 16.7. The summed E-state index contributed by atoms with van der Waals surface area (Å²) in [5.41, 5.74) is 2.47. The number of halogens is 1. The second kappa shape index (κ2) is 8.28. The molecule has 0 aliphatic rings. The van der Waals surface area contributed by atoms with E-state index in [4.69, 9.17) is 4.74 Å². The van der Waals surface area contributed by atoms with Gasteiger partial charge in [0.25, 0.3) is 0 Å². The van der Waals surface area contributed by atoms with Crippen molar-refractivity contribution < 1.29 is 13.9 Å². The molecule has 0 saturated carbocycles. The van der Waals surface area contributed by atoms with Gasteiger partial charge in [-0.3, -0.25) is 5.10 Å². The number of carbonyl (C=O) groups is 1. The minimum atomic E-state index is -0.289. The SMILES string of the molecule is COCCCNC(=O)N(C)Cc1cn[nH]c1-c1ccc(F)cc1. The molecule has 1 heterocycles. The van der Waals surface area contributed by atoms with Crippen LogP contribution in [-0.2, 0) is 11.3 Å². The summed E-state index contributed by atoms with van der Waals surface area (Å²) < 4.78 is 18.0. The first-order valence-corrected chi connectivity index (χ1v) is 7.38. The van der Waals surface area contributed by atoms with E-state index in [9.17, 15) is 9.18 Å². The van der Waals surface area contributed by atoms with Crippen molar-refractivity contribution in [1.82, 2.24) is 20.4 Å². The summed E-state index contributed by atoms with van der Waals surface area (Å²) in [4.78, 5) is 13.6. The molecule has 0 aliphatic heterocycles.